The highest BCUT2D eigenvalue weighted by molar-refractivity contribution is 7.80. The SMILES string of the molecule is CC1CCN(c2cc(Cl)nc(NC(=S)NCC3(c4cccc(Cl)c4)CCCCC3)n2)CC1. The predicted molar refractivity (Wildman–Crippen MR) is 138 cm³/mol. The summed E-state index contributed by atoms with van der Waals surface area (Å²) in [6.45, 7) is 5.01. The van der Waals surface area contributed by atoms with E-state index in [4.69, 9.17) is 35.4 Å². The largest absolute Gasteiger partial charge is 0.361 e. The van der Waals surface area contributed by atoms with Gasteiger partial charge in [-0.3, -0.25) is 0 Å². The number of piperidine rings is 1. The molecule has 172 valence electrons. The van der Waals surface area contributed by atoms with Gasteiger partial charge >= 0.3 is 0 Å². The Bertz CT molecular complexity index is 940. The molecule has 1 aromatic heterocycles. The molecule has 2 aromatic rings. The van der Waals surface area contributed by atoms with Gasteiger partial charge in [0.05, 0.1) is 0 Å². The van der Waals surface area contributed by atoms with Crippen molar-refractivity contribution in [1.29, 1.82) is 0 Å². The molecule has 0 amide bonds. The highest BCUT2D eigenvalue weighted by Gasteiger charge is 2.34. The smallest absolute Gasteiger partial charge is 0.232 e. The fraction of sp³-hybridized carbons (Fsp3) is 0.542. The Labute approximate surface area is 206 Å². The lowest BCUT2D eigenvalue weighted by atomic mass is 9.69. The van der Waals surface area contributed by atoms with E-state index in [-0.39, 0.29) is 5.41 Å². The number of benzene rings is 1. The van der Waals surface area contributed by atoms with Crippen LogP contribution in [0, 0.1) is 5.92 Å². The van der Waals surface area contributed by atoms with E-state index in [1.807, 2.05) is 18.2 Å². The molecule has 32 heavy (non-hydrogen) atoms. The van der Waals surface area contributed by atoms with Gasteiger partial charge in [-0.15, -0.1) is 0 Å². The molecule has 0 unspecified atom stereocenters. The zero-order chi connectivity index (χ0) is 22.6. The van der Waals surface area contributed by atoms with Crippen molar-refractivity contribution in [2.75, 3.05) is 29.9 Å². The topological polar surface area (TPSA) is 53.1 Å². The van der Waals surface area contributed by atoms with Crippen LogP contribution in [0.4, 0.5) is 11.8 Å². The van der Waals surface area contributed by atoms with E-state index in [9.17, 15) is 0 Å². The lowest BCUT2D eigenvalue weighted by molar-refractivity contribution is 0.292. The molecule has 2 N–H and O–H groups in total. The molecular weight excluding hydrogens is 461 g/mol. The normalized spacial score (nSPS) is 18.9. The van der Waals surface area contributed by atoms with Crippen molar-refractivity contribution in [2.24, 2.45) is 5.92 Å². The Morgan fingerprint density at radius 2 is 1.88 bits per heavy atom. The maximum Gasteiger partial charge on any atom is 0.232 e. The standard InChI is InChI=1S/C24H31Cl2N5S/c1-17-8-12-31(13-9-17)21-15-20(26)28-22(29-21)30-23(32)27-16-24(10-3-2-4-11-24)18-6-5-7-19(25)14-18/h5-7,14-15,17H,2-4,8-13,16H2,1H3,(H2,27,28,29,30,32). The van der Waals surface area contributed by atoms with E-state index < -0.39 is 0 Å². The van der Waals surface area contributed by atoms with Crippen molar-refractivity contribution in [2.45, 2.75) is 57.3 Å². The molecule has 0 radical (unpaired) electrons. The van der Waals surface area contributed by atoms with Gasteiger partial charge < -0.3 is 15.5 Å². The third kappa shape index (κ3) is 5.83. The van der Waals surface area contributed by atoms with Crippen LogP contribution >= 0.6 is 35.4 Å². The molecule has 1 aromatic carbocycles. The number of aromatic nitrogens is 2. The highest BCUT2D eigenvalue weighted by atomic mass is 35.5. The summed E-state index contributed by atoms with van der Waals surface area (Å²) < 4.78 is 0. The number of nitrogens with one attached hydrogen (secondary N) is 2. The van der Waals surface area contributed by atoms with Gasteiger partial charge in [-0.05, 0) is 61.5 Å². The summed E-state index contributed by atoms with van der Waals surface area (Å²) in [5.41, 5.74) is 1.31. The molecule has 0 atom stereocenters. The first-order valence-electron chi connectivity index (χ1n) is 11.5. The highest BCUT2D eigenvalue weighted by Crippen LogP contribution is 2.39. The van der Waals surface area contributed by atoms with Gasteiger partial charge in [-0.1, -0.05) is 61.5 Å². The molecule has 5 nitrogen and oxygen atoms in total. The first-order chi connectivity index (χ1) is 15.4. The first-order valence-corrected chi connectivity index (χ1v) is 12.7. The third-order valence-electron chi connectivity index (χ3n) is 6.85. The Kier molecular flexibility index (Phi) is 7.74. The van der Waals surface area contributed by atoms with Crippen LogP contribution < -0.4 is 15.5 Å². The van der Waals surface area contributed by atoms with Gasteiger partial charge in [0.15, 0.2) is 5.11 Å². The van der Waals surface area contributed by atoms with E-state index in [2.05, 4.69) is 44.6 Å². The van der Waals surface area contributed by atoms with Gasteiger partial charge in [0.25, 0.3) is 0 Å². The quantitative estimate of drug-likeness (QED) is 0.383. The van der Waals surface area contributed by atoms with E-state index >= 15 is 0 Å². The molecule has 2 fully saturated rings. The van der Waals surface area contributed by atoms with Crippen molar-refractivity contribution >= 4 is 52.3 Å². The van der Waals surface area contributed by atoms with Gasteiger partial charge in [0, 0.05) is 36.1 Å². The fourth-order valence-electron chi connectivity index (χ4n) is 4.87. The van der Waals surface area contributed by atoms with Crippen LogP contribution in [0.2, 0.25) is 10.2 Å². The van der Waals surface area contributed by atoms with Gasteiger partial charge in [0.1, 0.15) is 11.0 Å². The molecular formula is C24H31Cl2N5S. The van der Waals surface area contributed by atoms with Crippen molar-refractivity contribution in [3.8, 4) is 0 Å². The second-order valence-corrected chi connectivity index (χ2v) is 10.4. The van der Waals surface area contributed by atoms with Crippen molar-refractivity contribution in [3.05, 3.63) is 46.1 Å². The molecule has 1 aliphatic carbocycles. The molecule has 4 rings (SSSR count). The molecule has 8 heteroatoms. The summed E-state index contributed by atoms with van der Waals surface area (Å²) in [7, 11) is 0. The number of thiocarbonyl (C=S) groups is 1. The van der Waals surface area contributed by atoms with Crippen molar-refractivity contribution < 1.29 is 0 Å². The molecule has 1 saturated carbocycles. The Morgan fingerprint density at radius 3 is 2.59 bits per heavy atom. The summed E-state index contributed by atoms with van der Waals surface area (Å²) >= 11 is 18.2. The van der Waals surface area contributed by atoms with E-state index in [1.54, 1.807) is 0 Å². The Hall–Kier alpha value is -1.63. The summed E-state index contributed by atoms with van der Waals surface area (Å²) in [5, 5.41) is 8.28. The molecule has 0 bridgehead atoms. The van der Waals surface area contributed by atoms with Gasteiger partial charge in [-0.25, -0.2) is 4.98 Å². The van der Waals surface area contributed by atoms with E-state index in [1.165, 1.54) is 24.8 Å². The lowest BCUT2D eigenvalue weighted by Gasteiger charge is -2.38. The van der Waals surface area contributed by atoms with Crippen LogP contribution in [-0.2, 0) is 5.41 Å². The summed E-state index contributed by atoms with van der Waals surface area (Å²) in [6, 6.07) is 10.1. The maximum atomic E-state index is 6.31. The first kappa shape index (κ1) is 23.5. The second-order valence-electron chi connectivity index (χ2n) is 9.20. The number of anilines is 2. The van der Waals surface area contributed by atoms with Crippen LogP contribution in [0.5, 0.6) is 0 Å². The molecule has 1 aliphatic heterocycles. The summed E-state index contributed by atoms with van der Waals surface area (Å²) in [5.74, 6) is 2.04. The maximum absolute atomic E-state index is 6.31. The molecule has 0 spiro atoms. The molecule has 2 heterocycles. The minimum atomic E-state index is 0.0275. The number of halogens is 2. The Morgan fingerprint density at radius 1 is 1.12 bits per heavy atom. The van der Waals surface area contributed by atoms with Gasteiger partial charge in [-0.2, -0.15) is 4.98 Å². The minimum absolute atomic E-state index is 0.0275. The molecule has 2 aliphatic rings. The zero-order valence-electron chi connectivity index (χ0n) is 18.5. The van der Waals surface area contributed by atoms with Crippen LogP contribution in [0.15, 0.2) is 30.3 Å². The number of nitrogens with zero attached hydrogens (tertiary/aromatic N) is 3. The fourth-order valence-corrected chi connectivity index (χ4v) is 5.40. The second kappa shape index (κ2) is 10.5. The predicted octanol–water partition coefficient (Wildman–Crippen LogP) is 6.21. The third-order valence-corrected chi connectivity index (χ3v) is 7.52. The number of hydrogen-bond acceptors (Lipinski definition) is 4. The molecule has 1 saturated heterocycles. The minimum Gasteiger partial charge on any atom is -0.361 e. The monoisotopic (exact) mass is 491 g/mol. The van der Waals surface area contributed by atoms with Crippen LogP contribution in [0.1, 0.15) is 57.4 Å². The number of rotatable bonds is 5. The van der Waals surface area contributed by atoms with Crippen LogP contribution in [0.25, 0.3) is 0 Å². The average Bonchev–Trinajstić information content (AvgIpc) is 2.78. The van der Waals surface area contributed by atoms with Gasteiger partial charge in [0.2, 0.25) is 5.95 Å². The van der Waals surface area contributed by atoms with Crippen molar-refractivity contribution in [1.82, 2.24) is 15.3 Å². The van der Waals surface area contributed by atoms with Crippen LogP contribution in [0.3, 0.4) is 0 Å². The Balaban J connectivity index is 1.43. The number of hydrogen-bond donors (Lipinski definition) is 2. The van der Waals surface area contributed by atoms with E-state index in [0.717, 1.165) is 62.1 Å². The lowest BCUT2D eigenvalue weighted by Crippen LogP contribution is -2.43. The zero-order valence-corrected chi connectivity index (χ0v) is 20.9. The summed E-state index contributed by atoms with van der Waals surface area (Å²) in [6.07, 6.45) is 8.26. The van der Waals surface area contributed by atoms with Crippen LogP contribution in [-0.4, -0.2) is 34.7 Å². The summed E-state index contributed by atoms with van der Waals surface area (Å²) in [4.78, 5) is 11.3. The van der Waals surface area contributed by atoms with Crippen molar-refractivity contribution in [3.63, 3.8) is 0 Å². The average molecular weight is 493 g/mol. The van der Waals surface area contributed by atoms with E-state index in [0.29, 0.717) is 16.2 Å².